The number of para-hydroxylation sites is 2. The lowest BCUT2D eigenvalue weighted by molar-refractivity contribution is -0.137. The van der Waals surface area contributed by atoms with Crippen LogP contribution in [0.25, 0.3) is 0 Å². The lowest BCUT2D eigenvalue weighted by Gasteiger charge is -2.40. The van der Waals surface area contributed by atoms with Crippen molar-refractivity contribution in [2.24, 2.45) is 0 Å². The molecule has 6 nitrogen and oxygen atoms in total. The van der Waals surface area contributed by atoms with Gasteiger partial charge in [0.2, 0.25) is 5.91 Å². The third-order valence-electron chi connectivity index (χ3n) is 5.81. The first-order chi connectivity index (χ1) is 16.6. The number of hydrogen-bond donors (Lipinski definition) is 0. The van der Waals surface area contributed by atoms with E-state index >= 15 is 0 Å². The molecule has 0 bridgehead atoms. The molecule has 0 saturated carbocycles. The molecule has 0 unspecified atom stereocenters. The molecule has 0 fully saturated rings. The van der Waals surface area contributed by atoms with Crippen molar-refractivity contribution in [3.63, 3.8) is 0 Å². The number of anilines is 2. The van der Waals surface area contributed by atoms with E-state index in [9.17, 15) is 27.6 Å². The molecule has 2 amide bonds. The smallest absolute Gasteiger partial charge is 0.416 e. The highest BCUT2D eigenvalue weighted by Gasteiger charge is 2.39. The van der Waals surface area contributed by atoms with E-state index < -0.39 is 29.7 Å². The maximum Gasteiger partial charge on any atom is 0.416 e. The zero-order valence-electron chi connectivity index (χ0n) is 18.9. The van der Waals surface area contributed by atoms with Gasteiger partial charge in [-0.05, 0) is 55.0 Å². The van der Waals surface area contributed by atoms with Gasteiger partial charge in [0, 0.05) is 5.56 Å². The minimum atomic E-state index is -4.60. The van der Waals surface area contributed by atoms with Gasteiger partial charge >= 0.3 is 12.1 Å². The van der Waals surface area contributed by atoms with Crippen LogP contribution >= 0.6 is 0 Å². The second-order valence-corrected chi connectivity index (χ2v) is 8.03. The number of carbonyl (C=O) groups is 3. The topological polar surface area (TPSA) is 66.9 Å². The summed E-state index contributed by atoms with van der Waals surface area (Å²) in [6, 6.07) is 16.5. The molecule has 1 aliphatic rings. The van der Waals surface area contributed by atoms with Crippen LogP contribution in [0.2, 0.25) is 0 Å². The maximum atomic E-state index is 13.4. The van der Waals surface area contributed by atoms with Gasteiger partial charge in [0.1, 0.15) is 6.04 Å². The number of esters is 1. The number of benzene rings is 3. The predicted octanol–water partition coefficient (Wildman–Crippen LogP) is 5.07. The molecule has 0 aromatic heterocycles. The summed E-state index contributed by atoms with van der Waals surface area (Å²) in [5.41, 5.74) is 0.866. The number of amides is 2. The van der Waals surface area contributed by atoms with Crippen LogP contribution in [-0.4, -0.2) is 30.9 Å². The van der Waals surface area contributed by atoms with Crippen LogP contribution in [0.15, 0.2) is 72.8 Å². The van der Waals surface area contributed by atoms with Crippen LogP contribution < -0.4 is 9.80 Å². The maximum absolute atomic E-state index is 13.4. The molecule has 1 atom stereocenters. The van der Waals surface area contributed by atoms with Crippen LogP contribution in [0.1, 0.15) is 38.8 Å². The van der Waals surface area contributed by atoms with E-state index in [1.165, 1.54) is 36.0 Å². The Morgan fingerprint density at radius 2 is 1.57 bits per heavy atom. The Bertz CT molecular complexity index is 1290. The van der Waals surface area contributed by atoms with Gasteiger partial charge < -0.3 is 9.64 Å². The van der Waals surface area contributed by atoms with Gasteiger partial charge in [0.15, 0.2) is 0 Å². The van der Waals surface area contributed by atoms with Crippen LogP contribution in [0.5, 0.6) is 0 Å². The van der Waals surface area contributed by atoms with Crippen molar-refractivity contribution in [1.82, 2.24) is 0 Å². The summed E-state index contributed by atoms with van der Waals surface area (Å²) < 4.78 is 44.3. The fraction of sp³-hybridized carbons (Fsp3) is 0.192. The summed E-state index contributed by atoms with van der Waals surface area (Å²) in [6.45, 7) is 1.71. The largest absolute Gasteiger partial charge is 0.465 e. The van der Waals surface area contributed by atoms with Gasteiger partial charge in [0.05, 0.1) is 36.2 Å². The first-order valence-corrected chi connectivity index (χ1v) is 10.7. The monoisotopic (exact) mass is 482 g/mol. The molecular weight excluding hydrogens is 461 g/mol. The average Bonchev–Trinajstić information content (AvgIpc) is 2.86. The lowest BCUT2D eigenvalue weighted by Crippen LogP contribution is -2.54. The van der Waals surface area contributed by atoms with Crippen LogP contribution in [0.3, 0.4) is 0 Å². The van der Waals surface area contributed by atoms with Gasteiger partial charge in [0.25, 0.3) is 5.91 Å². The highest BCUT2D eigenvalue weighted by molar-refractivity contribution is 6.17. The Morgan fingerprint density at radius 3 is 2.20 bits per heavy atom. The van der Waals surface area contributed by atoms with Crippen molar-refractivity contribution in [3.05, 3.63) is 95.1 Å². The second-order valence-electron chi connectivity index (χ2n) is 8.03. The zero-order chi connectivity index (χ0) is 25.3. The third-order valence-corrected chi connectivity index (χ3v) is 5.81. The van der Waals surface area contributed by atoms with Gasteiger partial charge in [-0.2, -0.15) is 13.2 Å². The van der Waals surface area contributed by atoms with E-state index in [1.807, 2.05) is 0 Å². The number of hydrogen-bond acceptors (Lipinski definition) is 4. The summed E-state index contributed by atoms with van der Waals surface area (Å²) in [5, 5.41) is 0. The zero-order valence-corrected chi connectivity index (χ0v) is 18.9. The van der Waals surface area contributed by atoms with E-state index in [2.05, 4.69) is 0 Å². The Morgan fingerprint density at radius 1 is 0.914 bits per heavy atom. The molecule has 3 aromatic carbocycles. The summed E-state index contributed by atoms with van der Waals surface area (Å²) in [5.74, 6) is -1.57. The van der Waals surface area contributed by atoms with E-state index in [-0.39, 0.29) is 18.0 Å². The number of nitrogens with zero attached hydrogens (tertiary/aromatic N) is 2. The Balaban J connectivity index is 1.68. The Labute approximate surface area is 199 Å². The number of carbonyl (C=O) groups excluding carboxylic acids is 3. The summed E-state index contributed by atoms with van der Waals surface area (Å²) in [6.07, 6.45) is -4.60. The predicted molar refractivity (Wildman–Crippen MR) is 123 cm³/mol. The van der Waals surface area contributed by atoms with Crippen LogP contribution in [0.4, 0.5) is 24.5 Å². The van der Waals surface area contributed by atoms with Crippen molar-refractivity contribution in [1.29, 1.82) is 0 Å². The number of fused-ring (bicyclic) bond motifs is 1. The first-order valence-electron chi connectivity index (χ1n) is 10.7. The molecule has 4 rings (SSSR count). The second kappa shape index (κ2) is 9.25. The normalized spacial score (nSPS) is 15.6. The molecule has 9 heteroatoms. The highest BCUT2D eigenvalue weighted by Crippen LogP contribution is 2.38. The summed E-state index contributed by atoms with van der Waals surface area (Å²) >= 11 is 0. The molecule has 180 valence electrons. The Kier molecular flexibility index (Phi) is 6.34. The van der Waals surface area contributed by atoms with E-state index in [0.717, 1.165) is 17.7 Å². The number of halogens is 3. The highest BCUT2D eigenvalue weighted by atomic mass is 19.4. The summed E-state index contributed by atoms with van der Waals surface area (Å²) in [4.78, 5) is 41.1. The molecule has 0 radical (unpaired) electrons. The van der Waals surface area contributed by atoms with Crippen molar-refractivity contribution in [2.75, 3.05) is 16.9 Å². The summed E-state index contributed by atoms with van der Waals surface area (Å²) in [7, 11) is 1.29. The standard InChI is InChI=1S/C26H21F3N2O4/c1-16-23(32)30(15-17-10-12-18(13-11-17)25(34)35-2)21-8-3-4-9-22(21)31(16)24(33)19-6-5-7-20(14-19)26(27,28)29/h3-14,16H,15H2,1-2H3/t16-/m1/s1. The molecule has 35 heavy (non-hydrogen) atoms. The number of rotatable bonds is 4. The van der Waals surface area contributed by atoms with Gasteiger partial charge in [-0.15, -0.1) is 0 Å². The Hall–Kier alpha value is -4.14. The molecule has 0 spiro atoms. The van der Waals surface area contributed by atoms with E-state index in [1.54, 1.807) is 48.5 Å². The van der Waals surface area contributed by atoms with E-state index in [4.69, 9.17) is 4.74 Å². The van der Waals surface area contributed by atoms with Crippen molar-refractivity contribution in [3.8, 4) is 0 Å². The fourth-order valence-electron chi connectivity index (χ4n) is 4.02. The van der Waals surface area contributed by atoms with Gasteiger partial charge in [-0.3, -0.25) is 14.5 Å². The third kappa shape index (κ3) is 4.62. The fourth-order valence-corrected chi connectivity index (χ4v) is 4.02. The van der Waals surface area contributed by atoms with Crippen LogP contribution in [-0.2, 0) is 22.3 Å². The number of methoxy groups -OCH3 is 1. The van der Waals surface area contributed by atoms with Crippen molar-refractivity contribution < 1.29 is 32.3 Å². The SMILES string of the molecule is COC(=O)c1ccc(CN2C(=O)[C@@H](C)N(C(=O)c3cccc(C(F)(F)F)c3)c3ccccc32)cc1. The minimum Gasteiger partial charge on any atom is -0.465 e. The molecule has 1 heterocycles. The van der Waals surface area contributed by atoms with Crippen LogP contribution in [0, 0.1) is 0 Å². The molecule has 3 aromatic rings. The molecular formula is C26H21F3N2O4. The number of alkyl halides is 3. The quantitative estimate of drug-likeness (QED) is 0.487. The molecule has 0 aliphatic carbocycles. The lowest BCUT2D eigenvalue weighted by atomic mass is 10.0. The molecule has 0 N–H and O–H groups in total. The average molecular weight is 482 g/mol. The molecule has 1 aliphatic heterocycles. The van der Waals surface area contributed by atoms with Gasteiger partial charge in [-0.25, -0.2) is 4.79 Å². The van der Waals surface area contributed by atoms with Crippen molar-refractivity contribution in [2.45, 2.75) is 25.7 Å². The molecule has 0 saturated heterocycles. The first kappa shape index (κ1) is 24.0. The van der Waals surface area contributed by atoms with Gasteiger partial charge in [-0.1, -0.05) is 30.3 Å². The minimum absolute atomic E-state index is 0.166. The number of ether oxygens (including phenoxy) is 1. The van der Waals surface area contributed by atoms with E-state index in [0.29, 0.717) is 16.9 Å². The van der Waals surface area contributed by atoms with Crippen molar-refractivity contribution >= 4 is 29.2 Å².